The maximum atomic E-state index is 14.3. The topological polar surface area (TPSA) is 58.1 Å². The molecular formula is C19H12F6N4OS2. The van der Waals surface area contributed by atoms with Gasteiger partial charge in [-0.1, -0.05) is 46.9 Å². The Hall–Kier alpha value is -2.93. The van der Waals surface area contributed by atoms with E-state index in [4.69, 9.17) is 0 Å². The van der Waals surface area contributed by atoms with Crippen molar-refractivity contribution in [2.24, 2.45) is 0 Å². The van der Waals surface area contributed by atoms with E-state index in [1.54, 1.807) is 24.3 Å². The molecular weight excluding hydrogens is 478 g/mol. The van der Waals surface area contributed by atoms with E-state index >= 15 is 0 Å². The molecule has 1 N–H and O–H groups in total. The Morgan fingerprint density at radius 3 is 1.56 bits per heavy atom. The molecule has 2 aromatic carbocycles. The molecule has 0 fully saturated rings. The van der Waals surface area contributed by atoms with Crippen LogP contribution in [0.5, 0.6) is 0 Å². The Bertz CT molecular complexity index is 1140. The number of carbonyl (C=O) groups excluding carboxylic acids is 1. The van der Waals surface area contributed by atoms with Crippen LogP contribution < -0.4 is 10.2 Å². The molecule has 0 unspecified atom stereocenters. The Balaban J connectivity index is 2.09. The Kier molecular flexibility index (Phi) is 5.28. The minimum atomic E-state index is -5.98. The lowest BCUT2D eigenvalue weighted by molar-refractivity contribution is -0.302. The van der Waals surface area contributed by atoms with E-state index < -0.39 is 34.2 Å². The van der Waals surface area contributed by atoms with E-state index in [0.29, 0.717) is 39.0 Å². The fraction of sp³-hybridized carbons (Fsp3) is 0.211. The van der Waals surface area contributed by atoms with Gasteiger partial charge in [-0.25, -0.2) is 9.97 Å². The predicted octanol–water partition coefficient (Wildman–Crippen LogP) is 6.00. The van der Waals surface area contributed by atoms with Crippen LogP contribution in [0, 0.1) is 0 Å². The molecule has 0 aliphatic heterocycles. The van der Waals surface area contributed by atoms with Crippen LogP contribution >= 0.6 is 22.7 Å². The summed E-state index contributed by atoms with van der Waals surface area (Å²) in [5.74, 6) is -1.52. The van der Waals surface area contributed by atoms with Crippen molar-refractivity contribution in [1.29, 1.82) is 0 Å². The molecule has 0 atom stereocenters. The zero-order valence-electron chi connectivity index (χ0n) is 16.0. The van der Waals surface area contributed by atoms with Crippen LogP contribution in [0.2, 0.25) is 0 Å². The number of fused-ring (bicyclic) bond motifs is 2. The van der Waals surface area contributed by atoms with Crippen LogP contribution in [0.4, 0.5) is 36.6 Å². The van der Waals surface area contributed by atoms with Crippen LogP contribution in [-0.4, -0.2) is 33.9 Å². The maximum absolute atomic E-state index is 14.3. The van der Waals surface area contributed by atoms with Crippen LogP contribution in [0.25, 0.3) is 20.4 Å². The van der Waals surface area contributed by atoms with E-state index in [1.165, 1.54) is 24.3 Å². The lowest BCUT2D eigenvalue weighted by atomic mass is 10.1. The number of carbonyl (C=O) groups is 1. The van der Waals surface area contributed by atoms with Gasteiger partial charge in [0.15, 0.2) is 10.3 Å². The molecule has 32 heavy (non-hydrogen) atoms. The van der Waals surface area contributed by atoms with Crippen molar-refractivity contribution in [3.63, 3.8) is 0 Å². The summed E-state index contributed by atoms with van der Waals surface area (Å²) in [5.41, 5.74) is -4.38. The molecule has 0 radical (unpaired) electrons. The van der Waals surface area contributed by atoms with Gasteiger partial charge in [0, 0.05) is 6.92 Å². The molecule has 0 saturated heterocycles. The fourth-order valence-electron chi connectivity index (χ4n) is 3.15. The molecule has 13 heteroatoms. The van der Waals surface area contributed by atoms with Crippen molar-refractivity contribution in [3.05, 3.63) is 48.5 Å². The van der Waals surface area contributed by atoms with Crippen LogP contribution in [0.3, 0.4) is 0 Å². The molecule has 4 rings (SSSR count). The van der Waals surface area contributed by atoms with Crippen molar-refractivity contribution >= 4 is 59.3 Å². The molecule has 5 nitrogen and oxygen atoms in total. The predicted molar refractivity (Wildman–Crippen MR) is 110 cm³/mol. The van der Waals surface area contributed by atoms with Crippen molar-refractivity contribution in [2.45, 2.75) is 24.9 Å². The minimum absolute atomic E-state index is 0.0657. The highest BCUT2D eigenvalue weighted by Crippen LogP contribution is 2.52. The van der Waals surface area contributed by atoms with E-state index in [0.717, 1.165) is 5.32 Å². The van der Waals surface area contributed by atoms with Gasteiger partial charge in [-0.3, -0.25) is 9.69 Å². The SMILES string of the molecule is CC(=O)NC(N(c1nc2ccccc2s1)c1nc2ccccc2s1)(C(F)(F)F)C(F)(F)F. The minimum Gasteiger partial charge on any atom is -0.318 e. The number of nitrogens with zero attached hydrogens (tertiary/aromatic N) is 3. The summed E-state index contributed by atoms with van der Waals surface area (Å²) in [7, 11) is 0. The number of halogens is 6. The van der Waals surface area contributed by atoms with Gasteiger partial charge in [-0.2, -0.15) is 26.3 Å². The third kappa shape index (κ3) is 3.54. The van der Waals surface area contributed by atoms with Gasteiger partial charge in [0.25, 0.3) is 0 Å². The maximum Gasteiger partial charge on any atom is 0.440 e. The molecule has 2 aromatic heterocycles. The second kappa shape index (κ2) is 7.59. The van der Waals surface area contributed by atoms with Gasteiger partial charge < -0.3 is 5.32 Å². The molecule has 0 aliphatic carbocycles. The molecule has 2 heterocycles. The van der Waals surface area contributed by atoms with Gasteiger partial charge in [0.1, 0.15) is 0 Å². The van der Waals surface area contributed by atoms with Gasteiger partial charge in [0.2, 0.25) is 5.91 Å². The Morgan fingerprint density at radius 1 is 0.812 bits per heavy atom. The second-order valence-corrected chi connectivity index (χ2v) is 8.67. The smallest absolute Gasteiger partial charge is 0.318 e. The van der Waals surface area contributed by atoms with E-state index in [2.05, 4.69) is 9.97 Å². The lowest BCUT2D eigenvalue weighted by Gasteiger charge is -2.44. The van der Waals surface area contributed by atoms with Gasteiger partial charge in [0.05, 0.1) is 20.4 Å². The highest BCUT2D eigenvalue weighted by Gasteiger charge is 2.76. The van der Waals surface area contributed by atoms with Gasteiger partial charge in [-0.05, 0) is 24.3 Å². The first-order valence-electron chi connectivity index (χ1n) is 8.87. The van der Waals surface area contributed by atoms with Crippen LogP contribution in [0.15, 0.2) is 48.5 Å². The zero-order valence-corrected chi connectivity index (χ0v) is 17.6. The van der Waals surface area contributed by atoms with E-state index in [1.807, 2.05) is 0 Å². The summed E-state index contributed by atoms with van der Waals surface area (Å²) in [6, 6.07) is 12.3. The quantitative estimate of drug-likeness (QED) is 0.282. The first-order valence-corrected chi connectivity index (χ1v) is 10.5. The zero-order chi connectivity index (χ0) is 23.3. The first kappa shape index (κ1) is 22.3. The molecule has 0 aliphatic rings. The third-order valence-corrected chi connectivity index (χ3v) is 6.50. The van der Waals surface area contributed by atoms with Gasteiger partial charge >= 0.3 is 18.0 Å². The number of amides is 1. The fourth-order valence-corrected chi connectivity index (χ4v) is 5.25. The second-order valence-electron chi connectivity index (χ2n) is 6.65. The lowest BCUT2D eigenvalue weighted by Crippen LogP contribution is -2.75. The average Bonchev–Trinajstić information content (AvgIpc) is 3.28. The first-order chi connectivity index (χ1) is 14.9. The van der Waals surface area contributed by atoms with Crippen LogP contribution in [-0.2, 0) is 4.79 Å². The molecule has 1 amide bonds. The largest absolute Gasteiger partial charge is 0.440 e. The normalized spacial score (nSPS) is 13.0. The van der Waals surface area contributed by atoms with Crippen LogP contribution in [0.1, 0.15) is 6.92 Å². The standard InChI is InChI=1S/C19H12F6N4OS2/c1-10(30)28-17(18(20,21)22,19(23,24)25)29(15-26-11-6-2-4-8-13(11)31-15)16-27-12-7-3-5-9-14(12)32-16/h2-9H,1H3,(H,28,30). The van der Waals surface area contributed by atoms with E-state index in [9.17, 15) is 31.1 Å². The molecule has 0 saturated carbocycles. The number of hydrogen-bond donors (Lipinski definition) is 1. The monoisotopic (exact) mass is 490 g/mol. The van der Waals surface area contributed by atoms with Crippen molar-refractivity contribution in [1.82, 2.24) is 15.3 Å². The summed E-state index contributed by atoms with van der Waals surface area (Å²) in [6.45, 7) is 0.584. The van der Waals surface area contributed by atoms with E-state index in [-0.39, 0.29) is 15.9 Å². The molecule has 0 bridgehead atoms. The summed E-state index contributed by atoms with van der Waals surface area (Å²) in [4.78, 5) is 19.7. The number of para-hydroxylation sites is 2. The summed E-state index contributed by atoms with van der Waals surface area (Å²) in [5, 5.41) is -0.105. The van der Waals surface area contributed by atoms with Crippen molar-refractivity contribution in [3.8, 4) is 0 Å². The Morgan fingerprint density at radius 2 is 1.22 bits per heavy atom. The highest BCUT2D eigenvalue weighted by molar-refractivity contribution is 7.24. The number of hydrogen-bond acceptors (Lipinski definition) is 6. The number of rotatable bonds is 4. The highest BCUT2D eigenvalue weighted by atomic mass is 32.1. The summed E-state index contributed by atoms with van der Waals surface area (Å²) < 4.78 is 86.8. The Labute approximate surface area is 184 Å². The summed E-state index contributed by atoms with van der Waals surface area (Å²) >= 11 is 1.25. The molecule has 168 valence electrons. The third-order valence-electron chi connectivity index (χ3n) is 4.46. The van der Waals surface area contributed by atoms with Gasteiger partial charge in [-0.15, -0.1) is 0 Å². The number of benzene rings is 2. The van der Waals surface area contributed by atoms with Crippen molar-refractivity contribution in [2.75, 3.05) is 4.90 Å². The summed E-state index contributed by atoms with van der Waals surface area (Å²) in [6.07, 6.45) is -12.0. The number of thiazole rings is 2. The molecule has 4 aromatic rings. The molecule has 0 spiro atoms. The number of anilines is 2. The number of nitrogens with one attached hydrogen (secondary N) is 1. The number of aromatic nitrogens is 2. The average molecular weight is 490 g/mol. The van der Waals surface area contributed by atoms with Crippen molar-refractivity contribution < 1.29 is 31.1 Å². The number of alkyl halides is 6.